The van der Waals surface area contributed by atoms with Gasteiger partial charge in [0.05, 0.1) is 22.2 Å². The van der Waals surface area contributed by atoms with Gasteiger partial charge in [-0.05, 0) is 73.7 Å². The van der Waals surface area contributed by atoms with Crippen LogP contribution in [0.1, 0.15) is 6.92 Å². The average Bonchev–Trinajstić information content (AvgIpc) is 2.76. The van der Waals surface area contributed by atoms with Gasteiger partial charge in [-0.25, -0.2) is 8.42 Å². The third kappa shape index (κ3) is 6.53. The van der Waals surface area contributed by atoms with Crippen LogP contribution in [0.3, 0.4) is 0 Å². The summed E-state index contributed by atoms with van der Waals surface area (Å²) in [6, 6.07) is 17.0. The molecule has 3 rings (SSSR count). The summed E-state index contributed by atoms with van der Waals surface area (Å²) in [6.45, 7) is 2.10. The Kier molecular flexibility index (Phi) is 7.84. The van der Waals surface area contributed by atoms with E-state index < -0.39 is 15.9 Å². The Balaban J connectivity index is 1.57. The van der Waals surface area contributed by atoms with Gasteiger partial charge in [-0.1, -0.05) is 23.2 Å². The van der Waals surface area contributed by atoms with Crippen LogP contribution in [0.4, 0.5) is 11.4 Å². The Morgan fingerprint density at radius 3 is 2.19 bits per heavy atom. The van der Waals surface area contributed by atoms with Crippen LogP contribution < -0.4 is 19.5 Å². The SMILES string of the molecule is CCOc1ccc(NS(=O)(=O)c2ccc(OCC(=O)Nc3cc(Cl)ccc3Cl)cc2)cc1. The van der Waals surface area contributed by atoms with Gasteiger partial charge in [-0.15, -0.1) is 0 Å². The molecule has 0 saturated heterocycles. The van der Waals surface area contributed by atoms with Crippen molar-refractivity contribution in [2.45, 2.75) is 11.8 Å². The van der Waals surface area contributed by atoms with Gasteiger partial charge in [0.15, 0.2) is 6.61 Å². The fourth-order valence-electron chi connectivity index (χ4n) is 2.64. The van der Waals surface area contributed by atoms with Crippen molar-refractivity contribution >= 4 is 50.5 Å². The van der Waals surface area contributed by atoms with Crippen LogP contribution in [0.5, 0.6) is 11.5 Å². The van der Waals surface area contributed by atoms with Crippen molar-refractivity contribution in [2.24, 2.45) is 0 Å². The van der Waals surface area contributed by atoms with Crippen molar-refractivity contribution in [2.75, 3.05) is 23.3 Å². The molecule has 7 nitrogen and oxygen atoms in total. The molecule has 1 amide bonds. The number of benzene rings is 3. The molecule has 0 spiro atoms. The largest absolute Gasteiger partial charge is 0.494 e. The number of sulfonamides is 1. The molecule has 168 valence electrons. The Morgan fingerprint density at radius 1 is 0.906 bits per heavy atom. The number of anilines is 2. The maximum atomic E-state index is 12.6. The van der Waals surface area contributed by atoms with Crippen molar-refractivity contribution in [1.29, 1.82) is 0 Å². The Bertz CT molecular complexity index is 1180. The minimum atomic E-state index is -3.79. The molecule has 0 aliphatic heterocycles. The van der Waals surface area contributed by atoms with Crippen LogP contribution >= 0.6 is 23.2 Å². The summed E-state index contributed by atoms with van der Waals surface area (Å²) in [5.41, 5.74) is 0.777. The standard InChI is InChI=1S/C22H20Cl2N2O5S/c1-2-30-17-6-4-16(5-7-17)26-32(28,29)19-10-8-18(9-11-19)31-14-22(27)25-21-13-15(23)3-12-20(21)24/h3-13,26H,2,14H2,1H3,(H,25,27). The molecule has 2 N–H and O–H groups in total. The van der Waals surface area contributed by atoms with E-state index in [0.717, 1.165) is 0 Å². The van der Waals surface area contributed by atoms with E-state index in [4.69, 9.17) is 32.7 Å². The van der Waals surface area contributed by atoms with E-state index in [0.29, 0.717) is 39.5 Å². The van der Waals surface area contributed by atoms with Crippen molar-refractivity contribution < 1.29 is 22.7 Å². The van der Waals surface area contributed by atoms with Crippen LogP contribution in [0.25, 0.3) is 0 Å². The zero-order valence-corrected chi connectivity index (χ0v) is 19.3. The molecule has 0 unspecified atom stereocenters. The van der Waals surface area contributed by atoms with Crippen molar-refractivity contribution in [3.05, 3.63) is 76.8 Å². The summed E-state index contributed by atoms with van der Waals surface area (Å²) in [5, 5.41) is 3.38. The lowest BCUT2D eigenvalue weighted by Crippen LogP contribution is -2.20. The van der Waals surface area contributed by atoms with E-state index in [2.05, 4.69) is 10.0 Å². The van der Waals surface area contributed by atoms with Gasteiger partial charge < -0.3 is 14.8 Å². The first-order chi connectivity index (χ1) is 15.3. The minimum Gasteiger partial charge on any atom is -0.494 e. The van der Waals surface area contributed by atoms with Gasteiger partial charge in [0.25, 0.3) is 15.9 Å². The molecule has 10 heteroatoms. The van der Waals surface area contributed by atoms with E-state index in [-0.39, 0.29) is 11.5 Å². The molecule has 3 aromatic carbocycles. The molecule has 0 saturated carbocycles. The number of ether oxygens (including phenoxy) is 2. The highest BCUT2D eigenvalue weighted by Crippen LogP contribution is 2.25. The molecule has 0 aromatic heterocycles. The third-order valence-corrected chi connectivity index (χ3v) is 6.09. The van der Waals surface area contributed by atoms with Crippen LogP contribution in [0, 0.1) is 0 Å². The summed E-state index contributed by atoms with van der Waals surface area (Å²) in [7, 11) is -3.79. The third-order valence-electron chi connectivity index (χ3n) is 4.12. The predicted octanol–water partition coefficient (Wildman–Crippen LogP) is 5.21. The molecule has 3 aromatic rings. The van der Waals surface area contributed by atoms with Crippen LogP contribution in [0.2, 0.25) is 10.0 Å². The second-order valence-corrected chi connectivity index (χ2v) is 9.02. The summed E-state index contributed by atoms with van der Waals surface area (Å²) >= 11 is 11.9. The van der Waals surface area contributed by atoms with Gasteiger partial charge in [-0.3, -0.25) is 9.52 Å². The van der Waals surface area contributed by atoms with Gasteiger partial charge in [-0.2, -0.15) is 0 Å². The lowest BCUT2D eigenvalue weighted by atomic mass is 10.3. The van der Waals surface area contributed by atoms with E-state index in [1.54, 1.807) is 36.4 Å². The van der Waals surface area contributed by atoms with E-state index >= 15 is 0 Å². The Labute approximate surface area is 196 Å². The fourth-order valence-corrected chi connectivity index (χ4v) is 4.04. The maximum Gasteiger partial charge on any atom is 0.262 e. The van der Waals surface area contributed by atoms with E-state index in [1.807, 2.05) is 6.92 Å². The number of rotatable bonds is 9. The molecule has 32 heavy (non-hydrogen) atoms. The lowest BCUT2D eigenvalue weighted by Gasteiger charge is -2.11. The number of amides is 1. The van der Waals surface area contributed by atoms with Crippen LogP contribution in [0.15, 0.2) is 71.6 Å². The van der Waals surface area contributed by atoms with Crippen molar-refractivity contribution in [1.82, 2.24) is 0 Å². The highest BCUT2D eigenvalue weighted by Gasteiger charge is 2.15. The smallest absolute Gasteiger partial charge is 0.262 e. The first-order valence-electron chi connectivity index (χ1n) is 9.50. The second kappa shape index (κ2) is 10.6. The highest BCUT2D eigenvalue weighted by molar-refractivity contribution is 7.92. The Hall–Kier alpha value is -2.94. The Morgan fingerprint density at radius 2 is 1.53 bits per heavy atom. The summed E-state index contributed by atoms with van der Waals surface area (Å²) < 4.78 is 38.4. The molecule has 0 heterocycles. The zero-order valence-electron chi connectivity index (χ0n) is 17.0. The molecule has 0 atom stereocenters. The second-order valence-electron chi connectivity index (χ2n) is 6.50. The summed E-state index contributed by atoms with van der Waals surface area (Å²) in [4.78, 5) is 12.1. The molecule has 0 fully saturated rings. The van der Waals surface area contributed by atoms with E-state index in [9.17, 15) is 13.2 Å². The van der Waals surface area contributed by atoms with E-state index in [1.165, 1.54) is 30.3 Å². The number of hydrogen-bond acceptors (Lipinski definition) is 5. The average molecular weight is 495 g/mol. The quantitative estimate of drug-likeness (QED) is 0.425. The minimum absolute atomic E-state index is 0.0499. The van der Waals surface area contributed by atoms with Crippen molar-refractivity contribution in [3.63, 3.8) is 0 Å². The number of carbonyl (C=O) groups excluding carboxylic acids is 1. The number of hydrogen-bond donors (Lipinski definition) is 2. The van der Waals surface area contributed by atoms with Crippen LogP contribution in [-0.4, -0.2) is 27.5 Å². The van der Waals surface area contributed by atoms with Gasteiger partial charge in [0, 0.05) is 10.7 Å². The molecule has 0 aliphatic carbocycles. The highest BCUT2D eigenvalue weighted by atomic mass is 35.5. The fraction of sp³-hybridized carbons (Fsp3) is 0.136. The molecular formula is C22H20Cl2N2O5S. The van der Waals surface area contributed by atoms with Gasteiger partial charge in [0.1, 0.15) is 11.5 Å². The summed E-state index contributed by atoms with van der Waals surface area (Å²) in [6.07, 6.45) is 0. The van der Waals surface area contributed by atoms with Gasteiger partial charge >= 0.3 is 0 Å². The molecule has 0 bridgehead atoms. The number of nitrogens with one attached hydrogen (secondary N) is 2. The molecular weight excluding hydrogens is 475 g/mol. The normalized spacial score (nSPS) is 11.0. The maximum absolute atomic E-state index is 12.6. The van der Waals surface area contributed by atoms with Gasteiger partial charge in [0.2, 0.25) is 0 Å². The summed E-state index contributed by atoms with van der Waals surface area (Å²) in [5.74, 6) is 0.541. The zero-order chi connectivity index (χ0) is 23.1. The molecule has 0 radical (unpaired) electrons. The lowest BCUT2D eigenvalue weighted by molar-refractivity contribution is -0.118. The number of carbonyl (C=O) groups is 1. The number of halogens is 2. The predicted molar refractivity (Wildman–Crippen MR) is 125 cm³/mol. The molecule has 0 aliphatic rings. The first-order valence-corrected chi connectivity index (χ1v) is 11.7. The van der Waals surface area contributed by atoms with Crippen molar-refractivity contribution in [3.8, 4) is 11.5 Å². The first kappa shape index (κ1) is 23.7. The topological polar surface area (TPSA) is 93.7 Å². The monoisotopic (exact) mass is 494 g/mol. The van der Waals surface area contributed by atoms with Crippen LogP contribution in [-0.2, 0) is 14.8 Å².